The van der Waals surface area contributed by atoms with Gasteiger partial charge >= 0.3 is 11.4 Å². The van der Waals surface area contributed by atoms with E-state index in [9.17, 15) is 0 Å². The van der Waals surface area contributed by atoms with E-state index in [4.69, 9.17) is 4.74 Å². The van der Waals surface area contributed by atoms with Gasteiger partial charge in [-0.3, -0.25) is 0 Å². The highest BCUT2D eigenvalue weighted by Crippen LogP contribution is 2.55. The van der Waals surface area contributed by atoms with E-state index >= 15 is 0 Å². The fourth-order valence-corrected chi connectivity index (χ4v) is 7.17. The molecule has 39 heavy (non-hydrogen) atoms. The highest BCUT2D eigenvalue weighted by Gasteiger charge is 2.69. The van der Waals surface area contributed by atoms with Crippen LogP contribution in [0.25, 0.3) is 33.7 Å². The molecule has 9 rings (SSSR count). The van der Waals surface area contributed by atoms with Crippen molar-refractivity contribution in [2.75, 3.05) is 0 Å². The molecule has 4 aromatic carbocycles. The number of pyridine rings is 1. The van der Waals surface area contributed by atoms with Crippen LogP contribution >= 0.6 is 0 Å². The predicted octanol–water partition coefficient (Wildman–Crippen LogP) is 6.73. The van der Waals surface area contributed by atoms with Gasteiger partial charge < -0.3 is 4.74 Å². The minimum absolute atomic E-state index is 0.0443. The van der Waals surface area contributed by atoms with Crippen molar-refractivity contribution in [1.29, 1.82) is 0 Å². The van der Waals surface area contributed by atoms with Crippen molar-refractivity contribution in [2.24, 2.45) is 0 Å². The smallest absolute Gasteiger partial charge is 0.352 e. The van der Waals surface area contributed by atoms with Gasteiger partial charge in [0.15, 0.2) is 28.9 Å². The molecule has 1 spiro atoms. The highest BCUT2D eigenvalue weighted by atomic mass is 16.5. The third kappa shape index (κ3) is 2.37. The van der Waals surface area contributed by atoms with E-state index in [1.165, 1.54) is 33.8 Å². The van der Waals surface area contributed by atoms with Crippen LogP contribution in [0, 0.1) is 0 Å². The van der Waals surface area contributed by atoms with Crippen LogP contribution in [0.5, 0.6) is 11.5 Å². The van der Waals surface area contributed by atoms with E-state index in [2.05, 4.69) is 144 Å². The summed E-state index contributed by atoms with van der Waals surface area (Å²) < 4.78 is 14.2. The molecule has 186 valence electrons. The van der Waals surface area contributed by atoms with Gasteiger partial charge in [0.05, 0.1) is 16.7 Å². The summed E-state index contributed by atoms with van der Waals surface area (Å²) in [6, 6.07) is 37.4. The number of fused-ring (bicyclic) bond motifs is 7. The molecule has 0 bridgehead atoms. The Balaban J connectivity index is 1.58. The second kappa shape index (κ2) is 6.83. The van der Waals surface area contributed by atoms with Crippen molar-refractivity contribution in [3.05, 3.63) is 132 Å². The molecule has 0 radical (unpaired) electrons. The Kier molecular flexibility index (Phi) is 3.72. The van der Waals surface area contributed by atoms with Crippen LogP contribution < -0.4 is 13.9 Å². The van der Waals surface area contributed by atoms with E-state index in [-0.39, 0.29) is 5.41 Å². The normalized spacial score (nSPS) is 17.4. The summed E-state index contributed by atoms with van der Waals surface area (Å²) in [6.45, 7) is 6.85. The monoisotopic (exact) mass is 505 g/mol. The first-order valence-corrected chi connectivity index (χ1v) is 13.6. The molecule has 4 nitrogen and oxygen atoms in total. The van der Waals surface area contributed by atoms with Crippen molar-refractivity contribution in [3.63, 3.8) is 0 Å². The highest BCUT2D eigenvalue weighted by molar-refractivity contribution is 5.86. The van der Waals surface area contributed by atoms with Gasteiger partial charge in [-0.2, -0.15) is 13.7 Å². The van der Waals surface area contributed by atoms with Crippen molar-refractivity contribution >= 4 is 11.0 Å². The Morgan fingerprint density at radius 1 is 0.744 bits per heavy atom. The molecule has 0 N–H and O–H groups in total. The average molecular weight is 506 g/mol. The largest absolute Gasteiger partial charge is 0.448 e. The van der Waals surface area contributed by atoms with E-state index < -0.39 is 5.54 Å². The lowest BCUT2D eigenvalue weighted by Crippen LogP contribution is -2.57. The Morgan fingerprint density at radius 3 is 2.38 bits per heavy atom. The second-order valence-corrected chi connectivity index (χ2v) is 11.9. The third-order valence-corrected chi connectivity index (χ3v) is 8.79. The standard InChI is InChI=1S/C35H27N3O/c1-34(2,3)22-20-26-31-30(21-22)39-29-18-11-17-28-32(29)38(31)33(37(28)23-12-5-4-6-13-23)35(26)25-15-8-7-14-24(25)27-16-9-10-19-36(27)35/h4-21H,1-3H3/q+2. The molecule has 0 saturated carbocycles. The summed E-state index contributed by atoms with van der Waals surface area (Å²) in [6.07, 6.45) is 2.25. The lowest BCUT2D eigenvalue weighted by atomic mass is 9.79. The third-order valence-electron chi connectivity index (χ3n) is 8.79. The average Bonchev–Trinajstić information content (AvgIpc) is 3.56. The minimum Gasteiger partial charge on any atom is -0.448 e. The Morgan fingerprint density at radius 2 is 1.54 bits per heavy atom. The second-order valence-electron chi connectivity index (χ2n) is 11.9. The lowest BCUT2D eigenvalue weighted by molar-refractivity contribution is -0.733. The van der Waals surface area contributed by atoms with Crippen LogP contribution in [0.3, 0.4) is 0 Å². The van der Waals surface area contributed by atoms with E-state index in [0.717, 1.165) is 33.9 Å². The summed E-state index contributed by atoms with van der Waals surface area (Å²) >= 11 is 0. The van der Waals surface area contributed by atoms with E-state index in [1.807, 2.05) is 0 Å². The maximum atomic E-state index is 6.78. The number of imidazole rings is 1. The van der Waals surface area contributed by atoms with Gasteiger partial charge in [0, 0.05) is 12.1 Å². The van der Waals surface area contributed by atoms with Gasteiger partial charge in [-0.15, -0.1) is 0 Å². The number of para-hydroxylation sites is 2. The van der Waals surface area contributed by atoms with Crippen molar-refractivity contribution in [1.82, 2.24) is 4.57 Å². The lowest BCUT2D eigenvalue weighted by Gasteiger charge is -2.25. The summed E-state index contributed by atoms with van der Waals surface area (Å²) in [5, 5.41) is 0. The Bertz CT molecular complexity index is 1980. The molecule has 0 fully saturated rings. The van der Waals surface area contributed by atoms with Gasteiger partial charge in [-0.1, -0.05) is 63.2 Å². The molecule has 6 aromatic rings. The van der Waals surface area contributed by atoms with Gasteiger partial charge in [-0.25, -0.2) is 0 Å². The summed E-state index contributed by atoms with van der Waals surface area (Å²) in [4.78, 5) is 0. The Hall–Kier alpha value is -4.70. The number of hydrogen-bond acceptors (Lipinski definition) is 1. The van der Waals surface area contributed by atoms with Crippen LogP contribution in [-0.4, -0.2) is 4.57 Å². The number of rotatable bonds is 1. The zero-order chi connectivity index (χ0) is 26.1. The molecule has 3 aliphatic heterocycles. The summed E-state index contributed by atoms with van der Waals surface area (Å²) in [5.41, 5.74) is 10.3. The molecule has 3 aliphatic rings. The molecule has 0 saturated heterocycles. The van der Waals surface area contributed by atoms with E-state index in [0.29, 0.717) is 0 Å². The van der Waals surface area contributed by atoms with Crippen LogP contribution in [0.1, 0.15) is 43.3 Å². The first kappa shape index (κ1) is 21.3. The molecule has 1 unspecified atom stereocenters. The molecule has 2 aromatic heterocycles. The summed E-state index contributed by atoms with van der Waals surface area (Å²) in [7, 11) is 0. The number of benzene rings is 4. The van der Waals surface area contributed by atoms with Crippen molar-refractivity contribution in [3.8, 4) is 34.1 Å². The number of hydrogen-bond donors (Lipinski definition) is 0. The topological polar surface area (TPSA) is 21.9 Å². The molecule has 1 atom stereocenters. The SMILES string of the molecule is CC(C)(C)c1cc2c3c(c1)C1(c4ccccc4-c4cccc[n+]41)c1n(-c4ccccc4)c4cccc(c4[n+]1-3)O2. The van der Waals surface area contributed by atoms with Gasteiger partial charge in [0.2, 0.25) is 11.2 Å². The fourth-order valence-electron chi connectivity index (χ4n) is 7.17. The zero-order valence-electron chi connectivity index (χ0n) is 22.1. The molecule has 5 heterocycles. The van der Waals surface area contributed by atoms with Gasteiger partial charge in [0.25, 0.3) is 0 Å². The maximum Gasteiger partial charge on any atom is 0.352 e. The zero-order valence-corrected chi connectivity index (χ0v) is 22.1. The van der Waals surface area contributed by atoms with Crippen molar-refractivity contribution < 1.29 is 13.9 Å². The van der Waals surface area contributed by atoms with Crippen LogP contribution in [0.2, 0.25) is 0 Å². The molecule has 0 aliphatic carbocycles. The maximum absolute atomic E-state index is 6.78. The quantitative estimate of drug-likeness (QED) is 0.227. The number of ether oxygens (including phenoxy) is 1. The predicted molar refractivity (Wildman–Crippen MR) is 151 cm³/mol. The molecular weight excluding hydrogens is 478 g/mol. The minimum atomic E-state index is -0.571. The van der Waals surface area contributed by atoms with Gasteiger partial charge in [-0.05, 0) is 59.5 Å². The van der Waals surface area contributed by atoms with Crippen LogP contribution in [-0.2, 0) is 11.0 Å². The van der Waals surface area contributed by atoms with Gasteiger partial charge in [0.1, 0.15) is 5.69 Å². The van der Waals surface area contributed by atoms with Crippen molar-refractivity contribution in [2.45, 2.75) is 31.7 Å². The van der Waals surface area contributed by atoms with Crippen LogP contribution in [0.15, 0.2) is 109 Å². The van der Waals surface area contributed by atoms with Crippen LogP contribution in [0.4, 0.5) is 0 Å². The molecular formula is C35H27N3O+2. The number of nitrogens with zero attached hydrogens (tertiary/aromatic N) is 3. The molecule has 0 amide bonds. The van der Waals surface area contributed by atoms with E-state index in [1.54, 1.807) is 0 Å². The summed E-state index contributed by atoms with van der Waals surface area (Å²) in [5.74, 6) is 3.03. The first-order valence-electron chi connectivity index (χ1n) is 13.6. The number of aromatic nitrogens is 3. The first-order chi connectivity index (χ1) is 19.0. The fraction of sp³-hybridized carbons (Fsp3) is 0.143. The molecule has 4 heteroatoms. The Labute approximate surface area is 227 Å².